The Kier molecular flexibility index (Phi) is 5.60. The van der Waals surface area contributed by atoms with Gasteiger partial charge in [-0.25, -0.2) is 0 Å². The molecule has 0 saturated heterocycles. The third-order valence-electron chi connectivity index (χ3n) is 2.29. The van der Waals surface area contributed by atoms with E-state index < -0.39 is 10.8 Å². The molecule has 1 aromatic carbocycles. The first-order valence-corrected chi connectivity index (χ1v) is 5.71. The van der Waals surface area contributed by atoms with Crippen LogP contribution < -0.4 is 16.5 Å². The number of nitro benzene ring substituents is 1. The van der Waals surface area contributed by atoms with Crippen molar-refractivity contribution in [2.75, 3.05) is 23.9 Å². The van der Waals surface area contributed by atoms with Crippen LogP contribution in [0.4, 0.5) is 17.1 Å². The van der Waals surface area contributed by atoms with E-state index in [1.54, 1.807) is 6.07 Å². The van der Waals surface area contributed by atoms with Crippen molar-refractivity contribution in [1.29, 1.82) is 10.7 Å². The second-order valence-corrected chi connectivity index (χ2v) is 3.74. The van der Waals surface area contributed by atoms with E-state index >= 15 is 0 Å². The smallest absolute Gasteiger partial charge is 0.271 e. The van der Waals surface area contributed by atoms with E-state index in [4.69, 9.17) is 21.5 Å². The molecular weight excluding hydrogens is 278 g/mol. The van der Waals surface area contributed by atoms with Gasteiger partial charge in [-0.2, -0.15) is 10.4 Å². The first-order chi connectivity index (χ1) is 9.99. The van der Waals surface area contributed by atoms with Crippen molar-refractivity contribution in [3.63, 3.8) is 0 Å². The summed E-state index contributed by atoms with van der Waals surface area (Å²) in [6.07, 6.45) is 0. The highest BCUT2D eigenvalue weighted by atomic mass is 16.6. The maximum atomic E-state index is 10.8. The monoisotopic (exact) mass is 291 g/mol. The molecule has 0 aliphatic heterocycles. The summed E-state index contributed by atoms with van der Waals surface area (Å²) >= 11 is 0. The molecule has 0 aliphatic rings. The SMILES string of the molecule is N#C/C(=N\Nc1cc([N+](=O)[O-])ccc1NCCO)C(=N)N. The molecule has 0 amide bonds. The van der Waals surface area contributed by atoms with Crippen molar-refractivity contribution in [3.05, 3.63) is 28.3 Å². The average Bonchev–Trinajstić information content (AvgIpc) is 2.45. The number of hydrogen-bond donors (Lipinski definition) is 5. The average molecular weight is 291 g/mol. The van der Waals surface area contributed by atoms with E-state index in [0.29, 0.717) is 5.69 Å². The number of nitro groups is 1. The van der Waals surface area contributed by atoms with Crippen LogP contribution in [0.3, 0.4) is 0 Å². The number of anilines is 2. The zero-order chi connectivity index (χ0) is 15.8. The lowest BCUT2D eigenvalue weighted by molar-refractivity contribution is -0.384. The molecule has 0 spiro atoms. The highest BCUT2D eigenvalue weighted by Crippen LogP contribution is 2.26. The topological polar surface area (TPSA) is 173 Å². The predicted molar refractivity (Wildman–Crippen MR) is 77.3 cm³/mol. The van der Waals surface area contributed by atoms with Gasteiger partial charge >= 0.3 is 0 Å². The van der Waals surface area contributed by atoms with Crippen LogP contribution in [0.5, 0.6) is 0 Å². The predicted octanol–water partition coefficient (Wildman–Crippen LogP) is 0.226. The third-order valence-corrected chi connectivity index (χ3v) is 2.29. The quantitative estimate of drug-likeness (QED) is 0.207. The van der Waals surface area contributed by atoms with E-state index in [2.05, 4.69) is 15.8 Å². The molecule has 10 heteroatoms. The van der Waals surface area contributed by atoms with Crippen LogP contribution in [0.15, 0.2) is 23.3 Å². The molecule has 6 N–H and O–H groups in total. The van der Waals surface area contributed by atoms with Crippen LogP contribution in [0.25, 0.3) is 0 Å². The van der Waals surface area contributed by atoms with Gasteiger partial charge in [-0.1, -0.05) is 0 Å². The standard InChI is InChI=1S/C11H13N7O3/c12-6-10(11(13)14)17-16-9-5-7(18(20)21)1-2-8(9)15-3-4-19/h1-2,5,15-16,19H,3-4H2,(H3,13,14)/b17-10+. The Morgan fingerprint density at radius 2 is 2.29 bits per heavy atom. The van der Waals surface area contributed by atoms with Gasteiger partial charge in [-0.15, -0.1) is 0 Å². The Morgan fingerprint density at radius 1 is 1.57 bits per heavy atom. The fraction of sp³-hybridized carbons (Fsp3) is 0.182. The van der Waals surface area contributed by atoms with Crippen LogP contribution in [0, 0.1) is 26.9 Å². The first kappa shape index (κ1) is 15.9. The van der Waals surface area contributed by atoms with Gasteiger partial charge in [0.25, 0.3) is 5.69 Å². The minimum atomic E-state index is -0.582. The molecule has 1 rings (SSSR count). The number of non-ortho nitro benzene ring substituents is 1. The third kappa shape index (κ3) is 4.44. The number of amidine groups is 1. The van der Waals surface area contributed by atoms with Crippen LogP contribution >= 0.6 is 0 Å². The number of nitrogens with zero attached hydrogens (tertiary/aromatic N) is 3. The number of nitriles is 1. The molecule has 0 heterocycles. The minimum absolute atomic E-state index is 0.128. The lowest BCUT2D eigenvalue weighted by Gasteiger charge is -2.10. The summed E-state index contributed by atoms with van der Waals surface area (Å²) in [7, 11) is 0. The Labute approximate surface area is 119 Å². The second-order valence-electron chi connectivity index (χ2n) is 3.74. The highest BCUT2D eigenvalue weighted by Gasteiger charge is 2.11. The number of hydrogen-bond acceptors (Lipinski definition) is 8. The Balaban J connectivity index is 3.11. The lowest BCUT2D eigenvalue weighted by atomic mass is 10.2. The molecule has 110 valence electrons. The van der Waals surface area contributed by atoms with Gasteiger partial charge in [0.1, 0.15) is 6.07 Å². The van der Waals surface area contributed by atoms with E-state index in [1.165, 1.54) is 18.2 Å². The Hall–Kier alpha value is -3.19. The number of hydrazone groups is 1. The summed E-state index contributed by atoms with van der Waals surface area (Å²) < 4.78 is 0. The summed E-state index contributed by atoms with van der Waals surface area (Å²) in [6.45, 7) is 0.102. The fourth-order valence-corrected chi connectivity index (χ4v) is 1.34. The zero-order valence-electron chi connectivity index (χ0n) is 10.8. The molecule has 0 atom stereocenters. The summed E-state index contributed by atoms with van der Waals surface area (Å²) in [5.74, 6) is -0.528. The molecular formula is C11H13N7O3. The van der Waals surface area contributed by atoms with Crippen LogP contribution in [0.2, 0.25) is 0 Å². The molecule has 0 aromatic heterocycles. The maximum Gasteiger partial charge on any atom is 0.271 e. The van der Waals surface area contributed by atoms with Crippen molar-refractivity contribution in [3.8, 4) is 6.07 Å². The van der Waals surface area contributed by atoms with E-state index in [9.17, 15) is 10.1 Å². The van der Waals surface area contributed by atoms with Gasteiger partial charge in [0.05, 0.1) is 22.9 Å². The zero-order valence-corrected chi connectivity index (χ0v) is 10.8. The number of rotatable bonds is 7. The normalized spacial score (nSPS) is 10.6. The number of aliphatic hydroxyl groups excluding tert-OH is 1. The van der Waals surface area contributed by atoms with Gasteiger partial charge in [0, 0.05) is 18.7 Å². The van der Waals surface area contributed by atoms with E-state index in [-0.39, 0.29) is 30.2 Å². The van der Waals surface area contributed by atoms with Gasteiger partial charge in [0.2, 0.25) is 5.71 Å². The minimum Gasteiger partial charge on any atom is -0.395 e. The molecule has 0 saturated carbocycles. The molecule has 0 fully saturated rings. The second kappa shape index (κ2) is 7.41. The van der Waals surface area contributed by atoms with Crippen LogP contribution in [-0.2, 0) is 0 Å². The number of nitrogens with two attached hydrogens (primary N) is 1. The molecule has 10 nitrogen and oxygen atoms in total. The van der Waals surface area contributed by atoms with Crippen molar-refractivity contribution in [2.24, 2.45) is 10.8 Å². The van der Waals surface area contributed by atoms with Crippen LogP contribution in [0.1, 0.15) is 0 Å². The molecule has 0 unspecified atom stereocenters. The molecule has 1 aromatic rings. The molecule has 0 aliphatic carbocycles. The van der Waals surface area contributed by atoms with Gasteiger partial charge in [0.15, 0.2) is 5.84 Å². The summed E-state index contributed by atoms with van der Waals surface area (Å²) in [4.78, 5) is 10.2. The van der Waals surface area contributed by atoms with E-state index in [0.717, 1.165) is 0 Å². The molecule has 0 bridgehead atoms. The fourth-order valence-electron chi connectivity index (χ4n) is 1.34. The maximum absolute atomic E-state index is 10.8. The van der Waals surface area contributed by atoms with Crippen molar-refractivity contribution in [1.82, 2.24) is 0 Å². The van der Waals surface area contributed by atoms with Crippen LogP contribution in [-0.4, -0.2) is 34.7 Å². The van der Waals surface area contributed by atoms with Gasteiger partial charge < -0.3 is 16.2 Å². The lowest BCUT2D eigenvalue weighted by Crippen LogP contribution is -2.22. The van der Waals surface area contributed by atoms with E-state index in [1.807, 2.05) is 0 Å². The Bertz CT molecular complexity index is 621. The summed E-state index contributed by atoms with van der Waals surface area (Å²) in [5, 5.41) is 41.8. The molecule has 0 radical (unpaired) electrons. The van der Waals surface area contributed by atoms with Crippen molar-refractivity contribution < 1.29 is 10.0 Å². The number of nitrogens with one attached hydrogen (secondary N) is 3. The Morgan fingerprint density at radius 3 is 2.81 bits per heavy atom. The van der Waals surface area contributed by atoms with Crippen molar-refractivity contribution >= 4 is 28.6 Å². The number of aliphatic hydroxyl groups is 1. The highest BCUT2D eigenvalue weighted by molar-refractivity contribution is 6.45. The summed E-state index contributed by atoms with van der Waals surface area (Å²) in [5.41, 5.74) is 7.72. The first-order valence-electron chi connectivity index (χ1n) is 5.71. The van der Waals surface area contributed by atoms with Crippen molar-refractivity contribution in [2.45, 2.75) is 0 Å². The number of benzene rings is 1. The van der Waals surface area contributed by atoms with Gasteiger partial charge in [-0.05, 0) is 6.07 Å². The van der Waals surface area contributed by atoms with Gasteiger partial charge in [-0.3, -0.25) is 20.9 Å². The largest absolute Gasteiger partial charge is 0.395 e. The summed E-state index contributed by atoms with van der Waals surface area (Å²) in [6, 6.07) is 5.54. The molecule has 21 heavy (non-hydrogen) atoms.